The van der Waals surface area contributed by atoms with E-state index < -0.39 is 0 Å². The van der Waals surface area contributed by atoms with Gasteiger partial charge >= 0.3 is 0 Å². The van der Waals surface area contributed by atoms with Gasteiger partial charge in [-0.05, 0) is 24.3 Å². The normalized spacial score (nSPS) is 11.2. The zero-order valence-corrected chi connectivity index (χ0v) is 11.0. The van der Waals surface area contributed by atoms with Gasteiger partial charge < -0.3 is 4.40 Å². The Hall–Kier alpha value is -3.02. The topological polar surface area (TPSA) is 65.1 Å². The lowest BCUT2D eigenvalue weighted by atomic mass is 10.3. The molecule has 0 atom stereocenters. The van der Waals surface area contributed by atoms with E-state index in [0.717, 1.165) is 11.3 Å². The van der Waals surface area contributed by atoms with Gasteiger partial charge in [0, 0.05) is 12.4 Å². The van der Waals surface area contributed by atoms with E-state index in [9.17, 15) is 4.79 Å². The Bertz CT molecular complexity index is 1000. The van der Waals surface area contributed by atoms with Crippen molar-refractivity contribution in [3.05, 3.63) is 71.3 Å². The predicted octanol–water partition coefficient (Wildman–Crippen LogP) is 1.49. The van der Waals surface area contributed by atoms with Crippen LogP contribution in [-0.2, 0) is 6.54 Å². The fourth-order valence-electron chi connectivity index (χ4n) is 2.39. The number of aromatic nitrogens is 5. The molecule has 0 amide bonds. The van der Waals surface area contributed by atoms with Crippen molar-refractivity contribution in [2.24, 2.45) is 0 Å². The summed E-state index contributed by atoms with van der Waals surface area (Å²) >= 11 is 0. The van der Waals surface area contributed by atoms with E-state index in [1.807, 2.05) is 28.8 Å². The molecule has 4 aromatic rings. The molecule has 6 heteroatoms. The van der Waals surface area contributed by atoms with Crippen molar-refractivity contribution in [2.75, 3.05) is 0 Å². The van der Waals surface area contributed by atoms with Gasteiger partial charge in [-0.2, -0.15) is 0 Å². The molecule has 102 valence electrons. The predicted molar refractivity (Wildman–Crippen MR) is 78.1 cm³/mol. The van der Waals surface area contributed by atoms with Crippen molar-refractivity contribution in [3.63, 3.8) is 0 Å². The highest BCUT2D eigenvalue weighted by molar-refractivity contribution is 5.72. The van der Waals surface area contributed by atoms with Gasteiger partial charge in [-0.15, -0.1) is 0 Å². The molecule has 0 saturated heterocycles. The van der Waals surface area contributed by atoms with Crippen LogP contribution in [0.5, 0.6) is 0 Å². The molecule has 0 fully saturated rings. The van der Waals surface area contributed by atoms with Gasteiger partial charge in [0.15, 0.2) is 5.65 Å². The standard InChI is InChI=1S/C15H11N5O/c21-15-12-4-3-6-16-14(12)18-10-19(15)9-11-8-17-13-5-1-2-7-20(11)13/h1-8,10H,9H2. The lowest BCUT2D eigenvalue weighted by Crippen LogP contribution is -2.22. The van der Waals surface area contributed by atoms with E-state index in [0.29, 0.717) is 17.6 Å². The van der Waals surface area contributed by atoms with Gasteiger partial charge in [-0.3, -0.25) is 9.36 Å². The summed E-state index contributed by atoms with van der Waals surface area (Å²) in [6, 6.07) is 9.27. The van der Waals surface area contributed by atoms with Gasteiger partial charge in [-0.1, -0.05) is 6.07 Å². The van der Waals surface area contributed by atoms with Gasteiger partial charge in [0.2, 0.25) is 0 Å². The Kier molecular flexibility index (Phi) is 2.53. The molecule has 0 radical (unpaired) electrons. The number of pyridine rings is 2. The van der Waals surface area contributed by atoms with Crippen molar-refractivity contribution >= 4 is 16.7 Å². The highest BCUT2D eigenvalue weighted by Gasteiger charge is 2.07. The number of fused-ring (bicyclic) bond motifs is 2. The van der Waals surface area contributed by atoms with E-state index in [-0.39, 0.29) is 5.56 Å². The molecule has 6 nitrogen and oxygen atoms in total. The lowest BCUT2D eigenvalue weighted by Gasteiger charge is -2.06. The first-order valence-corrected chi connectivity index (χ1v) is 6.54. The van der Waals surface area contributed by atoms with Gasteiger partial charge in [0.25, 0.3) is 5.56 Å². The van der Waals surface area contributed by atoms with Crippen LogP contribution in [0.1, 0.15) is 5.69 Å². The molecule has 0 aromatic carbocycles. The van der Waals surface area contributed by atoms with Crippen molar-refractivity contribution in [1.82, 2.24) is 23.9 Å². The summed E-state index contributed by atoms with van der Waals surface area (Å²) in [6.07, 6.45) is 6.86. The summed E-state index contributed by atoms with van der Waals surface area (Å²) in [7, 11) is 0. The average Bonchev–Trinajstić information content (AvgIpc) is 2.94. The van der Waals surface area contributed by atoms with Crippen LogP contribution in [0.25, 0.3) is 16.7 Å². The summed E-state index contributed by atoms with van der Waals surface area (Å²) in [5.74, 6) is 0. The van der Waals surface area contributed by atoms with E-state index in [1.165, 1.54) is 6.33 Å². The summed E-state index contributed by atoms with van der Waals surface area (Å²) in [6.45, 7) is 0.418. The minimum absolute atomic E-state index is 0.0982. The lowest BCUT2D eigenvalue weighted by molar-refractivity contribution is 0.722. The zero-order valence-electron chi connectivity index (χ0n) is 11.0. The second-order valence-electron chi connectivity index (χ2n) is 4.73. The first-order chi connectivity index (χ1) is 10.3. The Labute approximate surface area is 119 Å². The van der Waals surface area contributed by atoms with E-state index in [1.54, 1.807) is 29.1 Å². The molecule has 0 unspecified atom stereocenters. The molecule has 0 aliphatic carbocycles. The van der Waals surface area contributed by atoms with Crippen LogP contribution in [0, 0.1) is 0 Å². The average molecular weight is 277 g/mol. The molecule has 0 aliphatic heterocycles. The second-order valence-corrected chi connectivity index (χ2v) is 4.73. The smallest absolute Gasteiger partial charge is 0.263 e. The molecule has 4 heterocycles. The van der Waals surface area contributed by atoms with Gasteiger partial charge in [-0.25, -0.2) is 15.0 Å². The van der Waals surface area contributed by atoms with Crippen LogP contribution in [0.4, 0.5) is 0 Å². The summed E-state index contributed by atoms with van der Waals surface area (Å²) in [4.78, 5) is 25.1. The molecule has 4 aromatic heterocycles. The molecule has 0 N–H and O–H groups in total. The molecule has 0 spiro atoms. The largest absolute Gasteiger partial charge is 0.302 e. The highest BCUT2D eigenvalue weighted by Crippen LogP contribution is 2.08. The maximum absolute atomic E-state index is 12.4. The van der Waals surface area contributed by atoms with Gasteiger partial charge in [0.05, 0.1) is 23.8 Å². The molecule has 21 heavy (non-hydrogen) atoms. The van der Waals surface area contributed by atoms with E-state index in [4.69, 9.17) is 0 Å². The number of nitrogens with zero attached hydrogens (tertiary/aromatic N) is 5. The number of imidazole rings is 1. The van der Waals surface area contributed by atoms with Crippen molar-refractivity contribution in [1.29, 1.82) is 0 Å². The Morgan fingerprint density at radius 3 is 2.95 bits per heavy atom. The van der Waals surface area contributed by atoms with Crippen molar-refractivity contribution < 1.29 is 0 Å². The van der Waals surface area contributed by atoms with E-state index >= 15 is 0 Å². The SMILES string of the molecule is O=c1c2cccnc2ncn1Cc1cnc2ccccn12. The fraction of sp³-hybridized carbons (Fsp3) is 0.0667. The minimum Gasteiger partial charge on any atom is -0.302 e. The number of hydrogen-bond acceptors (Lipinski definition) is 4. The Morgan fingerprint density at radius 2 is 2.00 bits per heavy atom. The number of rotatable bonds is 2. The highest BCUT2D eigenvalue weighted by atomic mass is 16.1. The molecule has 0 saturated carbocycles. The Morgan fingerprint density at radius 1 is 1.05 bits per heavy atom. The Balaban J connectivity index is 1.84. The summed E-state index contributed by atoms with van der Waals surface area (Å²) < 4.78 is 3.53. The van der Waals surface area contributed by atoms with Crippen LogP contribution in [0.15, 0.2) is 60.0 Å². The first-order valence-electron chi connectivity index (χ1n) is 6.54. The van der Waals surface area contributed by atoms with Crippen molar-refractivity contribution in [3.8, 4) is 0 Å². The molecule has 0 aliphatic rings. The molecule has 4 rings (SSSR count). The maximum Gasteiger partial charge on any atom is 0.263 e. The van der Waals surface area contributed by atoms with E-state index in [2.05, 4.69) is 15.0 Å². The van der Waals surface area contributed by atoms with Crippen LogP contribution >= 0.6 is 0 Å². The summed E-state index contributed by atoms with van der Waals surface area (Å²) in [5.41, 5.74) is 2.16. The van der Waals surface area contributed by atoms with Crippen LogP contribution in [0.3, 0.4) is 0 Å². The monoisotopic (exact) mass is 277 g/mol. The second kappa shape index (κ2) is 4.52. The quantitative estimate of drug-likeness (QED) is 0.557. The fourth-order valence-corrected chi connectivity index (χ4v) is 2.39. The molecular formula is C15H11N5O. The first kappa shape index (κ1) is 11.8. The zero-order chi connectivity index (χ0) is 14.2. The van der Waals surface area contributed by atoms with Crippen LogP contribution in [-0.4, -0.2) is 23.9 Å². The third-order valence-corrected chi connectivity index (χ3v) is 3.42. The van der Waals surface area contributed by atoms with Gasteiger partial charge in [0.1, 0.15) is 12.0 Å². The number of hydrogen-bond donors (Lipinski definition) is 0. The third-order valence-electron chi connectivity index (χ3n) is 3.42. The van der Waals surface area contributed by atoms with Crippen molar-refractivity contribution in [2.45, 2.75) is 6.54 Å². The summed E-state index contributed by atoms with van der Waals surface area (Å²) in [5, 5.41) is 0.522. The maximum atomic E-state index is 12.4. The van der Waals surface area contributed by atoms with Crippen LogP contribution in [0.2, 0.25) is 0 Å². The van der Waals surface area contributed by atoms with Crippen LogP contribution < -0.4 is 5.56 Å². The third kappa shape index (κ3) is 1.88. The molecule has 0 bridgehead atoms. The molecular weight excluding hydrogens is 266 g/mol. The minimum atomic E-state index is -0.0982.